The molecule has 1 aromatic heterocycles. The molecule has 0 aliphatic carbocycles. The summed E-state index contributed by atoms with van der Waals surface area (Å²) in [5.41, 5.74) is 1.42. The Morgan fingerprint density at radius 1 is 1.06 bits per heavy atom. The summed E-state index contributed by atoms with van der Waals surface area (Å²) < 4.78 is 17.5. The average molecular weight is 448 g/mol. The highest BCUT2D eigenvalue weighted by molar-refractivity contribution is 5.99. The van der Waals surface area contributed by atoms with Crippen LogP contribution in [-0.2, 0) is 0 Å². The van der Waals surface area contributed by atoms with Gasteiger partial charge in [0.25, 0.3) is 5.91 Å². The van der Waals surface area contributed by atoms with Crippen LogP contribution in [0.4, 0.5) is 0 Å². The molecule has 33 heavy (non-hydrogen) atoms. The topological polar surface area (TPSA) is 69.0 Å². The molecule has 1 aliphatic rings. The van der Waals surface area contributed by atoms with Crippen molar-refractivity contribution in [3.63, 3.8) is 0 Å². The van der Waals surface area contributed by atoms with Crippen molar-refractivity contribution >= 4 is 16.9 Å². The summed E-state index contributed by atoms with van der Waals surface area (Å²) in [5, 5.41) is 0.473. The van der Waals surface area contributed by atoms with E-state index >= 15 is 0 Å². The van der Waals surface area contributed by atoms with Crippen molar-refractivity contribution in [2.75, 3.05) is 19.8 Å². The maximum absolute atomic E-state index is 13.5. The molecular weight excluding hydrogens is 418 g/mol. The predicted octanol–water partition coefficient (Wildman–Crippen LogP) is 5.49. The van der Waals surface area contributed by atoms with Crippen molar-refractivity contribution < 1.29 is 18.7 Å². The molecule has 1 atom stereocenters. The lowest BCUT2D eigenvalue weighted by atomic mass is 9.98. The summed E-state index contributed by atoms with van der Waals surface area (Å²) >= 11 is 0. The molecule has 0 radical (unpaired) electrons. The second kappa shape index (κ2) is 9.94. The summed E-state index contributed by atoms with van der Waals surface area (Å²) in [6.45, 7) is 9.05. The zero-order valence-corrected chi connectivity index (χ0v) is 19.1. The monoisotopic (exact) mass is 447 g/mol. The fraction of sp³-hybridized carbons (Fsp3) is 0.333. The van der Waals surface area contributed by atoms with Gasteiger partial charge in [-0.15, -0.1) is 0 Å². The first-order valence-corrected chi connectivity index (χ1v) is 11.5. The van der Waals surface area contributed by atoms with Gasteiger partial charge >= 0.3 is 0 Å². The Bertz CT molecular complexity index is 1230. The standard InChI is InChI=1S/C27H29NO5/c1-4-7-10-15-28-24(18-13-14-21(32-16-5-2)22(17-18)31-6-3)23-25(29)19-11-8-9-12-20(19)33-26(23)27(28)30/h5,8-9,11-14,17,24H,2,4,6-7,10,15-16H2,1,3H3. The number of ether oxygens (including phenoxy) is 2. The highest BCUT2D eigenvalue weighted by Crippen LogP contribution is 2.41. The first-order valence-electron chi connectivity index (χ1n) is 11.5. The molecule has 1 amide bonds. The molecular formula is C27H29NO5. The minimum absolute atomic E-state index is 0.130. The van der Waals surface area contributed by atoms with Crippen molar-refractivity contribution in [1.82, 2.24) is 4.90 Å². The van der Waals surface area contributed by atoms with Gasteiger partial charge in [-0.25, -0.2) is 0 Å². The molecule has 0 spiro atoms. The molecule has 0 bridgehead atoms. The van der Waals surface area contributed by atoms with Gasteiger partial charge in [0, 0.05) is 6.54 Å². The molecule has 0 saturated heterocycles. The first-order chi connectivity index (χ1) is 16.1. The van der Waals surface area contributed by atoms with E-state index in [1.165, 1.54) is 0 Å². The maximum Gasteiger partial charge on any atom is 0.290 e. The van der Waals surface area contributed by atoms with Gasteiger partial charge < -0.3 is 18.8 Å². The average Bonchev–Trinajstić information content (AvgIpc) is 3.10. The van der Waals surface area contributed by atoms with E-state index < -0.39 is 6.04 Å². The number of hydrogen-bond acceptors (Lipinski definition) is 5. The van der Waals surface area contributed by atoms with Gasteiger partial charge in [-0.1, -0.05) is 50.6 Å². The molecule has 172 valence electrons. The van der Waals surface area contributed by atoms with E-state index in [1.807, 2.05) is 25.1 Å². The van der Waals surface area contributed by atoms with Gasteiger partial charge in [-0.05, 0) is 43.2 Å². The Hall–Kier alpha value is -3.54. The lowest BCUT2D eigenvalue weighted by Gasteiger charge is -2.26. The van der Waals surface area contributed by atoms with Gasteiger partial charge in [-0.2, -0.15) is 0 Å². The van der Waals surface area contributed by atoms with Crippen LogP contribution in [0, 0.1) is 0 Å². The molecule has 3 aromatic rings. The molecule has 0 saturated carbocycles. The van der Waals surface area contributed by atoms with Gasteiger partial charge in [0.15, 0.2) is 16.9 Å². The molecule has 6 nitrogen and oxygen atoms in total. The fourth-order valence-corrected chi connectivity index (χ4v) is 4.31. The second-order valence-electron chi connectivity index (χ2n) is 8.02. The number of para-hydroxylation sites is 1. The van der Waals surface area contributed by atoms with Crippen LogP contribution in [0.2, 0.25) is 0 Å². The van der Waals surface area contributed by atoms with Crippen molar-refractivity contribution in [1.29, 1.82) is 0 Å². The number of rotatable bonds is 10. The highest BCUT2D eigenvalue weighted by atomic mass is 16.5. The van der Waals surface area contributed by atoms with Crippen LogP contribution in [0.15, 0.2) is 64.3 Å². The predicted molar refractivity (Wildman–Crippen MR) is 128 cm³/mol. The van der Waals surface area contributed by atoms with E-state index in [0.717, 1.165) is 24.8 Å². The number of fused-ring (bicyclic) bond motifs is 2. The van der Waals surface area contributed by atoms with Gasteiger partial charge in [0.2, 0.25) is 5.76 Å². The van der Waals surface area contributed by atoms with Crippen LogP contribution in [0.1, 0.15) is 60.8 Å². The van der Waals surface area contributed by atoms with E-state index in [4.69, 9.17) is 13.9 Å². The van der Waals surface area contributed by atoms with E-state index in [9.17, 15) is 9.59 Å². The summed E-state index contributed by atoms with van der Waals surface area (Å²) in [6.07, 6.45) is 4.54. The molecule has 2 aromatic carbocycles. The van der Waals surface area contributed by atoms with Gasteiger partial charge in [-0.3, -0.25) is 9.59 Å². The van der Waals surface area contributed by atoms with Crippen LogP contribution < -0.4 is 14.9 Å². The largest absolute Gasteiger partial charge is 0.490 e. The molecule has 4 rings (SSSR count). The van der Waals surface area contributed by atoms with E-state index in [-0.39, 0.29) is 17.1 Å². The number of hydrogen-bond donors (Lipinski definition) is 0. The minimum atomic E-state index is -0.544. The van der Waals surface area contributed by atoms with Crippen molar-refractivity contribution in [3.05, 3.63) is 82.2 Å². The van der Waals surface area contributed by atoms with Crippen LogP contribution in [0.3, 0.4) is 0 Å². The fourth-order valence-electron chi connectivity index (χ4n) is 4.31. The summed E-state index contributed by atoms with van der Waals surface area (Å²) in [5.74, 6) is 1.04. The van der Waals surface area contributed by atoms with Gasteiger partial charge in [0.05, 0.1) is 23.6 Å². The number of carbonyl (C=O) groups is 1. The van der Waals surface area contributed by atoms with Gasteiger partial charge in [0.1, 0.15) is 12.2 Å². The molecule has 6 heteroatoms. The lowest BCUT2D eigenvalue weighted by molar-refractivity contribution is 0.0724. The maximum atomic E-state index is 13.5. The summed E-state index contributed by atoms with van der Waals surface area (Å²) in [6, 6.07) is 12.1. The Kier molecular flexibility index (Phi) is 6.82. The van der Waals surface area contributed by atoms with Crippen molar-refractivity contribution in [2.45, 2.75) is 39.2 Å². The Labute approximate surface area is 193 Å². The summed E-state index contributed by atoms with van der Waals surface area (Å²) in [4.78, 5) is 28.7. The third kappa shape index (κ3) is 4.25. The number of amides is 1. The normalized spacial score (nSPS) is 15.0. The molecule has 1 aliphatic heterocycles. The van der Waals surface area contributed by atoms with Crippen LogP contribution in [0.25, 0.3) is 11.0 Å². The Morgan fingerprint density at radius 2 is 1.88 bits per heavy atom. The first kappa shape index (κ1) is 22.6. The zero-order chi connectivity index (χ0) is 23.4. The Morgan fingerprint density at radius 3 is 2.64 bits per heavy atom. The van der Waals surface area contributed by atoms with E-state index in [0.29, 0.717) is 47.8 Å². The van der Waals surface area contributed by atoms with Crippen LogP contribution in [-0.4, -0.2) is 30.6 Å². The number of carbonyl (C=O) groups excluding carboxylic acids is 1. The number of unbranched alkanes of at least 4 members (excludes halogenated alkanes) is 2. The third-order valence-electron chi connectivity index (χ3n) is 5.82. The lowest BCUT2D eigenvalue weighted by Crippen LogP contribution is -2.30. The molecule has 2 heterocycles. The third-order valence-corrected chi connectivity index (χ3v) is 5.82. The van der Waals surface area contributed by atoms with Crippen LogP contribution >= 0.6 is 0 Å². The van der Waals surface area contributed by atoms with Crippen molar-refractivity contribution in [3.8, 4) is 11.5 Å². The smallest absolute Gasteiger partial charge is 0.290 e. The number of nitrogens with zero attached hydrogens (tertiary/aromatic N) is 1. The summed E-state index contributed by atoms with van der Waals surface area (Å²) in [7, 11) is 0. The Balaban J connectivity index is 1.86. The quantitative estimate of drug-likeness (QED) is 0.304. The zero-order valence-electron chi connectivity index (χ0n) is 19.1. The van der Waals surface area contributed by atoms with E-state index in [2.05, 4.69) is 13.5 Å². The highest BCUT2D eigenvalue weighted by Gasteiger charge is 2.42. The van der Waals surface area contributed by atoms with Crippen LogP contribution in [0.5, 0.6) is 11.5 Å². The minimum Gasteiger partial charge on any atom is -0.490 e. The SMILES string of the molecule is C=CCOc1ccc(C2c3c(oc4ccccc4c3=O)C(=O)N2CCCCC)cc1OCC. The van der Waals surface area contributed by atoms with Crippen molar-refractivity contribution in [2.24, 2.45) is 0 Å². The molecule has 0 N–H and O–H groups in total. The number of benzene rings is 2. The second-order valence-corrected chi connectivity index (χ2v) is 8.02. The molecule has 1 unspecified atom stereocenters. The van der Waals surface area contributed by atoms with E-state index in [1.54, 1.807) is 35.2 Å². The molecule has 0 fully saturated rings.